The lowest BCUT2D eigenvalue weighted by molar-refractivity contribution is 0.289. The highest BCUT2D eigenvalue weighted by atomic mass is 79.9. The zero-order valence-corrected chi connectivity index (χ0v) is 11.0. The van der Waals surface area contributed by atoms with Crippen molar-refractivity contribution in [1.29, 1.82) is 0 Å². The van der Waals surface area contributed by atoms with E-state index in [1.54, 1.807) is 30.5 Å². The second kappa shape index (κ2) is 5.47. The minimum Gasteiger partial charge on any atom is -0.486 e. The average Bonchev–Trinajstić information content (AvgIpc) is 2.32. The number of aromatic nitrogens is 1. The molecule has 1 aromatic heterocycles. The lowest BCUT2D eigenvalue weighted by Gasteiger charge is -2.07. The summed E-state index contributed by atoms with van der Waals surface area (Å²) in [5, 5.41) is 0.419. The predicted octanol–water partition coefficient (Wildman–Crippen LogP) is 4.22. The fourth-order valence-electron chi connectivity index (χ4n) is 1.24. The Balaban J connectivity index is 2.07. The number of ether oxygens (including phenoxy) is 1. The van der Waals surface area contributed by atoms with Crippen LogP contribution in [0.2, 0.25) is 5.15 Å². The zero-order chi connectivity index (χ0) is 12.3. The fraction of sp³-hybridized carbons (Fsp3) is 0.0833. The first-order chi connectivity index (χ1) is 8.15. The average molecular weight is 317 g/mol. The summed E-state index contributed by atoms with van der Waals surface area (Å²) in [6.07, 6.45) is 1.60. The van der Waals surface area contributed by atoms with Gasteiger partial charge in [0.2, 0.25) is 0 Å². The van der Waals surface area contributed by atoms with Gasteiger partial charge in [-0.05, 0) is 24.3 Å². The van der Waals surface area contributed by atoms with Crippen molar-refractivity contribution in [2.45, 2.75) is 6.61 Å². The molecule has 0 aliphatic carbocycles. The lowest BCUT2D eigenvalue weighted by Crippen LogP contribution is -1.97. The number of hydrogen-bond donors (Lipinski definition) is 0. The summed E-state index contributed by atoms with van der Waals surface area (Å²) in [7, 11) is 0. The molecule has 0 saturated heterocycles. The Morgan fingerprint density at radius 3 is 2.82 bits per heavy atom. The highest BCUT2D eigenvalue weighted by molar-refractivity contribution is 9.10. The van der Waals surface area contributed by atoms with Crippen molar-refractivity contribution in [2.75, 3.05) is 0 Å². The van der Waals surface area contributed by atoms with Gasteiger partial charge in [0.1, 0.15) is 11.8 Å². The Labute approximate surface area is 112 Å². The van der Waals surface area contributed by atoms with Crippen molar-refractivity contribution in [3.05, 3.63) is 57.5 Å². The van der Waals surface area contributed by atoms with Gasteiger partial charge in [-0.25, -0.2) is 9.37 Å². The number of pyridine rings is 1. The van der Waals surface area contributed by atoms with Gasteiger partial charge in [-0.3, -0.25) is 0 Å². The van der Waals surface area contributed by atoms with Crippen LogP contribution in [0.4, 0.5) is 4.39 Å². The molecule has 0 amide bonds. The van der Waals surface area contributed by atoms with Crippen LogP contribution in [0.3, 0.4) is 0 Å². The van der Waals surface area contributed by atoms with Gasteiger partial charge in [0.05, 0.1) is 0 Å². The molecule has 0 N–H and O–H groups in total. The summed E-state index contributed by atoms with van der Waals surface area (Å²) < 4.78 is 19.5. The van der Waals surface area contributed by atoms with E-state index in [0.717, 1.165) is 10.0 Å². The molecule has 0 unspecified atom stereocenters. The molecule has 0 bridgehead atoms. The maximum absolute atomic E-state index is 13.4. The first kappa shape index (κ1) is 12.3. The van der Waals surface area contributed by atoms with Gasteiger partial charge in [-0.1, -0.05) is 33.6 Å². The maximum atomic E-state index is 13.4. The molecule has 0 atom stereocenters. The van der Waals surface area contributed by atoms with E-state index < -0.39 is 5.82 Å². The molecular weight excluding hydrogens is 308 g/mol. The number of rotatable bonds is 3. The van der Waals surface area contributed by atoms with Crippen molar-refractivity contribution < 1.29 is 9.13 Å². The summed E-state index contributed by atoms with van der Waals surface area (Å²) in [5.41, 5.74) is 0.828. The topological polar surface area (TPSA) is 22.1 Å². The summed E-state index contributed by atoms with van der Waals surface area (Å²) in [6.45, 7) is 0.248. The van der Waals surface area contributed by atoms with Gasteiger partial charge in [0, 0.05) is 16.2 Å². The van der Waals surface area contributed by atoms with Crippen molar-refractivity contribution in [3.63, 3.8) is 0 Å². The molecule has 5 heteroatoms. The largest absolute Gasteiger partial charge is 0.486 e. The van der Waals surface area contributed by atoms with Gasteiger partial charge in [-0.15, -0.1) is 0 Å². The van der Waals surface area contributed by atoms with Crippen LogP contribution in [0, 0.1) is 5.82 Å². The Hall–Kier alpha value is -1.13. The van der Waals surface area contributed by atoms with E-state index >= 15 is 0 Å². The third kappa shape index (κ3) is 3.41. The van der Waals surface area contributed by atoms with E-state index in [2.05, 4.69) is 20.9 Å². The maximum Gasteiger partial charge on any atom is 0.165 e. The van der Waals surface area contributed by atoms with E-state index in [9.17, 15) is 4.39 Å². The lowest BCUT2D eigenvalue weighted by atomic mass is 10.3. The Morgan fingerprint density at radius 2 is 2.12 bits per heavy atom. The molecule has 0 spiro atoms. The third-order valence-electron chi connectivity index (χ3n) is 2.08. The van der Waals surface area contributed by atoms with Gasteiger partial charge in [0.25, 0.3) is 0 Å². The van der Waals surface area contributed by atoms with Crippen molar-refractivity contribution in [2.24, 2.45) is 0 Å². The van der Waals surface area contributed by atoms with Crippen molar-refractivity contribution in [1.82, 2.24) is 4.98 Å². The summed E-state index contributed by atoms with van der Waals surface area (Å²) >= 11 is 8.91. The molecule has 0 aliphatic heterocycles. The number of benzene rings is 1. The van der Waals surface area contributed by atoms with Crippen LogP contribution >= 0.6 is 27.5 Å². The molecule has 17 heavy (non-hydrogen) atoms. The van der Waals surface area contributed by atoms with Gasteiger partial charge in [0.15, 0.2) is 11.6 Å². The fourth-order valence-corrected chi connectivity index (χ4v) is 1.69. The van der Waals surface area contributed by atoms with Crippen LogP contribution in [0.5, 0.6) is 5.75 Å². The molecule has 1 aromatic carbocycles. The molecule has 1 heterocycles. The smallest absolute Gasteiger partial charge is 0.165 e. The van der Waals surface area contributed by atoms with Crippen LogP contribution in [0.15, 0.2) is 41.0 Å². The molecule has 2 aromatic rings. The van der Waals surface area contributed by atoms with Gasteiger partial charge >= 0.3 is 0 Å². The highest BCUT2D eigenvalue weighted by Gasteiger charge is 2.04. The predicted molar refractivity (Wildman–Crippen MR) is 67.7 cm³/mol. The molecular formula is C12H8BrClFNO. The minimum atomic E-state index is -0.393. The van der Waals surface area contributed by atoms with E-state index in [4.69, 9.17) is 16.3 Å². The Kier molecular flexibility index (Phi) is 3.97. The molecule has 0 aliphatic rings. The van der Waals surface area contributed by atoms with Crippen molar-refractivity contribution >= 4 is 27.5 Å². The first-order valence-corrected chi connectivity index (χ1v) is 6.00. The monoisotopic (exact) mass is 315 g/mol. The van der Waals surface area contributed by atoms with E-state index in [1.807, 2.05) is 0 Å². The molecule has 0 fully saturated rings. The molecule has 2 rings (SSSR count). The normalized spacial score (nSPS) is 10.3. The molecule has 0 radical (unpaired) electrons. The zero-order valence-electron chi connectivity index (χ0n) is 8.66. The van der Waals surface area contributed by atoms with Crippen LogP contribution in [-0.2, 0) is 6.61 Å². The number of hydrogen-bond acceptors (Lipinski definition) is 2. The molecule has 0 saturated carbocycles. The number of nitrogens with zero attached hydrogens (tertiary/aromatic N) is 1. The first-order valence-electron chi connectivity index (χ1n) is 4.83. The standard InChI is InChI=1S/C12H8BrClFNO/c13-9-2-3-10(15)11(5-9)17-7-8-1-4-12(14)16-6-8/h1-6H,7H2. The van der Waals surface area contributed by atoms with Gasteiger partial charge in [-0.2, -0.15) is 0 Å². The Bertz CT molecular complexity index is 518. The second-order valence-corrected chi connectivity index (χ2v) is 4.66. The summed E-state index contributed by atoms with van der Waals surface area (Å²) in [6, 6.07) is 7.99. The van der Waals surface area contributed by atoms with Crippen LogP contribution in [0.25, 0.3) is 0 Å². The summed E-state index contributed by atoms with van der Waals surface area (Å²) in [5.74, 6) is -0.190. The minimum absolute atomic E-state index is 0.203. The van der Waals surface area contributed by atoms with Gasteiger partial charge < -0.3 is 4.74 Å². The van der Waals surface area contributed by atoms with Crippen molar-refractivity contribution in [3.8, 4) is 5.75 Å². The van der Waals surface area contributed by atoms with Crippen LogP contribution < -0.4 is 4.74 Å². The van der Waals surface area contributed by atoms with E-state index in [0.29, 0.717) is 5.15 Å². The second-order valence-electron chi connectivity index (χ2n) is 3.35. The molecule has 88 valence electrons. The summed E-state index contributed by atoms with van der Waals surface area (Å²) in [4.78, 5) is 3.91. The highest BCUT2D eigenvalue weighted by Crippen LogP contribution is 2.23. The van der Waals surface area contributed by atoms with E-state index in [1.165, 1.54) is 6.07 Å². The van der Waals surface area contributed by atoms with Crippen LogP contribution in [0.1, 0.15) is 5.56 Å². The van der Waals surface area contributed by atoms with E-state index in [-0.39, 0.29) is 12.4 Å². The SMILES string of the molecule is Fc1ccc(Br)cc1OCc1ccc(Cl)nc1. The number of halogens is 3. The Morgan fingerprint density at radius 1 is 1.29 bits per heavy atom. The van der Waals surface area contributed by atoms with Crippen LogP contribution in [-0.4, -0.2) is 4.98 Å². The quantitative estimate of drug-likeness (QED) is 0.791. The third-order valence-corrected chi connectivity index (χ3v) is 2.79. The molecule has 2 nitrogen and oxygen atoms in total.